The number of hydrogen-bond acceptors (Lipinski definition) is 7. The van der Waals surface area contributed by atoms with Crippen LogP contribution < -0.4 is 5.11 Å². The zero-order valence-corrected chi connectivity index (χ0v) is 38.8. The lowest BCUT2D eigenvalue weighted by Crippen LogP contribution is -2.55. The molecule has 342 valence electrons. The summed E-state index contributed by atoms with van der Waals surface area (Å²) in [5, 5.41) is 11.6. The molecule has 0 aliphatic rings. The summed E-state index contributed by atoms with van der Waals surface area (Å²) in [4.78, 5) is 36.9. The second-order valence-electron chi connectivity index (χ2n) is 15.9. The number of carboxylic acid groups (broad SMARTS) is 1. The van der Waals surface area contributed by atoms with E-state index < -0.39 is 18.1 Å². The fraction of sp³-hybridized carbons (Fsp3) is 0.566. The van der Waals surface area contributed by atoms with Gasteiger partial charge in [-0.1, -0.05) is 148 Å². The van der Waals surface area contributed by atoms with Gasteiger partial charge in [-0.15, -0.1) is 0 Å². The number of ether oxygens (including phenoxy) is 3. The van der Waals surface area contributed by atoms with E-state index in [0.717, 1.165) is 103 Å². The van der Waals surface area contributed by atoms with Crippen molar-refractivity contribution in [1.82, 2.24) is 0 Å². The molecule has 0 rings (SSSR count). The van der Waals surface area contributed by atoms with Crippen LogP contribution in [0.3, 0.4) is 0 Å². The molecule has 0 radical (unpaired) electrons. The molecule has 0 aliphatic heterocycles. The maximum absolute atomic E-state index is 12.7. The van der Waals surface area contributed by atoms with E-state index in [-0.39, 0.29) is 49.1 Å². The lowest BCUT2D eigenvalue weighted by molar-refractivity contribution is -0.889. The molecular weight excluding hydrogens is 763 g/mol. The highest BCUT2D eigenvalue weighted by atomic mass is 16.6. The quantitative estimate of drug-likeness (QED) is 0.0263. The van der Waals surface area contributed by atoms with Gasteiger partial charge in [-0.3, -0.25) is 9.59 Å². The molecule has 0 saturated carbocycles. The fourth-order valence-electron chi connectivity index (χ4n) is 5.84. The SMILES string of the molecule is CC/C=C/C/C=C/C/C=C/C/C=C/C/C=C/CCCCCCC(=O)OCC(COCCC(C(=O)[O-])[N+](C)(C)C)OC(=O)CCC/C=C/C/C=C/C/C=C/C/C=C/C/C=C/CC. The van der Waals surface area contributed by atoms with E-state index in [1.54, 1.807) is 21.1 Å². The topological polar surface area (TPSA) is 102 Å². The molecule has 0 aromatic heterocycles. The summed E-state index contributed by atoms with van der Waals surface area (Å²) in [6.07, 6.45) is 59.5. The molecule has 0 aliphatic carbocycles. The Morgan fingerprint density at radius 3 is 1.31 bits per heavy atom. The summed E-state index contributed by atoms with van der Waals surface area (Å²) < 4.78 is 17.1. The molecule has 0 spiro atoms. The molecule has 0 N–H and O–H groups in total. The van der Waals surface area contributed by atoms with Crippen LogP contribution in [-0.2, 0) is 28.6 Å². The highest BCUT2D eigenvalue weighted by molar-refractivity contribution is 5.70. The van der Waals surface area contributed by atoms with Crippen molar-refractivity contribution < 1.29 is 38.2 Å². The molecular formula is C53H83NO7. The zero-order valence-electron chi connectivity index (χ0n) is 38.8. The molecule has 0 fully saturated rings. The Morgan fingerprint density at radius 2 is 0.885 bits per heavy atom. The predicted molar refractivity (Wildman–Crippen MR) is 254 cm³/mol. The Morgan fingerprint density at radius 1 is 0.492 bits per heavy atom. The van der Waals surface area contributed by atoms with Crippen molar-refractivity contribution in [3.8, 4) is 0 Å². The van der Waals surface area contributed by atoms with Gasteiger partial charge < -0.3 is 28.6 Å². The van der Waals surface area contributed by atoms with Crippen LogP contribution >= 0.6 is 0 Å². The molecule has 2 atom stereocenters. The number of carbonyl (C=O) groups excluding carboxylic acids is 3. The molecule has 0 bridgehead atoms. The smallest absolute Gasteiger partial charge is 0.306 e. The number of unbranched alkanes of at least 4 members (excludes halogenated alkanes) is 5. The van der Waals surface area contributed by atoms with Crippen LogP contribution in [0, 0.1) is 0 Å². The van der Waals surface area contributed by atoms with Crippen LogP contribution in [0.15, 0.2) is 122 Å². The number of rotatable bonds is 39. The highest BCUT2D eigenvalue weighted by Gasteiger charge is 2.25. The standard InChI is InChI=1S/C53H83NO7/c1-6-8-10-12-14-16-18-20-22-24-25-26-28-29-31-33-35-37-39-41-43-51(55)60-48-49(47-59-46-45-50(53(57)58)54(3,4)5)61-52(56)44-42-40-38-36-34-32-30-27-23-21-19-17-15-13-11-9-7-2/h8-11,14-17,20-23,25-26,29-32,36,38,49-50H,6-7,12-13,18-19,24,27-28,33-35,37,39-48H2,1-5H3/b10-8+,11-9+,16-14+,17-15+,22-20+,23-21+,26-25+,31-29+,32-30+,38-36+. The van der Waals surface area contributed by atoms with Crippen LogP contribution in [0.2, 0.25) is 0 Å². The van der Waals surface area contributed by atoms with Gasteiger partial charge >= 0.3 is 11.9 Å². The minimum atomic E-state index is -1.14. The first-order valence-electron chi connectivity index (χ1n) is 23.1. The lowest BCUT2D eigenvalue weighted by Gasteiger charge is -2.34. The Bertz CT molecular complexity index is 1400. The van der Waals surface area contributed by atoms with Crippen molar-refractivity contribution >= 4 is 17.9 Å². The van der Waals surface area contributed by atoms with Gasteiger partial charge in [-0.25, -0.2) is 0 Å². The van der Waals surface area contributed by atoms with Crippen LogP contribution in [0.5, 0.6) is 0 Å². The second-order valence-corrected chi connectivity index (χ2v) is 15.9. The van der Waals surface area contributed by atoms with E-state index in [9.17, 15) is 19.5 Å². The summed E-state index contributed by atoms with van der Waals surface area (Å²) in [6.45, 7) is 4.32. The van der Waals surface area contributed by atoms with E-state index in [1.807, 2.05) is 0 Å². The number of carboxylic acids is 1. The molecule has 61 heavy (non-hydrogen) atoms. The van der Waals surface area contributed by atoms with Gasteiger partial charge in [0.2, 0.25) is 0 Å². The minimum Gasteiger partial charge on any atom is -0.544 e. The van der Waals surface area contributed by atoms with Crippen LogP contribution in [0.4, 0.5) is 0 Å². The first-order valence-corrected chi connectivity index (χ1v) is 23.1. The molecule has 0 heterocycles. The molecule has 8 heteroatoms. The lowest BCUT2D eigenvalue weighted by atomic mass is 10.1. The number of likely N-dealkylation sites (N-methyl/N-ethyl adjacent to an activating group) is 1. The Balaban J connectivity index is 4.49. The summed E-state index contributed by atoms with van der Waals surface area (Å²) in [5.41, 5.74) is 0. The van der Waals surface area contributed by atoms with Crippen molar-refractivity contribution in [2.24, 2.45) is 0 Å². The number of carbonyl (C=O) groups is 3. The number of allylic oxidation sites excluding steroid dienone is 20. The summed E-state index contributed by atoms with van der Waals surface area (Å²) in [5.74, 6) is -1.86. The van der Waals surface area contributed by atoms with E-state index in [0.29, 0.717) is 12.8 Å². The number of aliphatic carboxylic acids is 1. The Hall–Kier alpha value is -4.27. The van der Waals surface area contributed by atoms with E-state index >= 15 is 0 Å². The van der Waals surface area contributed by atoms with Gasteiger partial charge in [-0.2, -0.15) is 0 Å². The van der Waals surface area contributed by atoms with Crippen LogP contribution in [0.1, 0.15) is 142 Å². The van der Waals surface area contributed by atoms with Crippen molar-refractivity contribution in [3.05, 3.63) is 122 Å². The van der Waals surface area contributed by atoms with Gasteiger partial charge in [0, 0.05) is 19.3 Å². The third kappa shape index (κ3) is 40.9. The number of esters is 2. The maximum Gasteiger partial charge on any atom is 0.306 e. The second kappa shape index (κ2) is 42.4. The van der Waals surface area contributed by atoms with Gasteiger partial charge in [0.25, 0.3) is 0 Å². The Labute approximate surface area is 371 Å². The van der Waals surface area contributed by atoms with E-state index in [4.69, 9.17) is 14.2 Å². The first kappa shape index (κ1) is 56.7. The normalized spacial score (nSPS) is 14.0. The van der Waals surface area contributed by atoms with Gasteiger partial charge in [-0.05, 0) is 96.3 Å². The average Bonchev–Trinajstić information content (AvgIpc) is 3.22. The van der Waals surface area contributed by atoms with Crippen molar-refractivity contribution in [2.75, 3.05) is 41.0 Å². The molecule has 0 amide bonds. The average molecular weight is 846 g/mol. The van der Waals surface area contributed by atoms with Gasteiger partial charge in [0.05, 0.1) is 40.3 Å². The Kier molecular flexibility index (Phi) is 39.5. The third-order valence-corrected chi connectivity index (χ3v) is 9.34. The van der Waals surface area contributed by atoms with Crippen LogP contribution in [-0.4, -0.2) is 75.5 Å². The number of quaternary nitrogens is 1. The van der Waals surface area contributed by atoms with Crippen LogP contribution in [0.25, 0.3) is 0 Å². The largest absolute Gasteiger partial charge is 0.544 e. The van der Waals surface area contributed by atoms with Crippen molar-refractivity contribution in [1.29, 1.82) is 0 Å². The predicted octanol–water partition coefficient (Wildman–Crippen LogP) is 11.7. The summed E-state index contributed by atoms with van der Waals surface area (Å²) >= 11 is 0. The number of nitrogens with zero attached hydrogens (tertiary/aromatic N) is 1. The summed E-state index contributed by atoms with van der Waals surface area (Å²) in [6, 6.07) is -0.748. The molecule has 8 nitrogen and oxygen atoms in total. The van der Waals surface area contributed by atoms with E-state index in [2.05, 4.69) is 135 Å². The fourth-order valence-corrected chi connectivity index (χ4v) is 5.84. The minimum absolute atomic E-state index is 0.000498. The first-order chi connectivity index (χ1) is 29.6. The number of hydrogen-bond donors (Lipinski definition) is 0. The van der Waals surface area contributed by atoms with Gasteiger partial charge in [0.1, 0.15) is 12.6 Å². The monoisotopic (exact) mass is 846 g/mol. The maximum atomic E-state index is 12.7. The molecule has 0 aromatic rings. The van der Waals surface area contributed by atoms with E-state index in [1.165, 1.54) is 0 Å². The van der Waals surface area contributed by atoms with Crippen molar-refractivity contribution in [3.63, 3.8) is 0 Å². The zero-order chi connectivity index (χ0) is 44.9. The molecule has 2 unspecified atom stereocenters. The van der Waals surface area contributed by atoms with Crippen molar-refractivity contribution in [2.45, 2.75) is 154 Å². The summed E-state index contributed by atoms with van der Waals surface area (Å²) in [7, 11) is 5.36. The molecule has 0 aromatic carbocycles. The molecule has 0 saturated heterocycles. The van der Waals surface area contributed by atoms with Gasteiger partial charge in [0.15, 0.2) is 6.10 Å². The third-order valence-electron chi connectivity index (χ3n) is 9.34. The highest BCUT2D eigenvalue weighted by Crippen LogP contribution is 2.11.